The van der Waals surface area contributed by atoms with Crippen LogP contribution in [0.25, 0.3) is 0 Å². The fourth-order valence-corrected chi connectivity index (χ4v) is 3.96. The summed E-state index contributed by atoms with van der Waals surface area (Å²) in [5.41, 5.74) is 0. The topological polar surface area (TPSA) is 39.7 Å². The average molecular weight is 309 g/mol. The monoisotopic (exact) mass is 308 g/mol. The van der Waals surface area contributed by atoms with Gasteiger partial charge in [0.25, 0.3) is 0 Å². The molecule has 2 fully saturated rings. The summed E-state index contributed by atoms with van der Waals surface area (Å²) >= 11 is 0. The molecule has 1 aliphatic carbocycles. The molecule has 0 aromatic rings. The zero-order valence-corrected chi connectivity index (χ0v) is 14.7. The van der Waals surface area contributed by atoms with E-state index in [9.17, 15) is 0 Å². The van der Waals surface area contributed by atoms with Crippen LogP contribution in [0.4, 0.5) is 0 Å². The molecule has 1 atom stereocenters. The Labute approximate surface area is 137 Å². The zero-order valence-electron chi connectivity index (χ0n) is 14.7. The van der Waals surface area contributed by atoms with Crippen molar-refractivity contribution in [1.29, 1.82) is 0 Å². The fourth-order valence-electron chi connectivity index (χ4n) is 3.96. The second kappa shape index (κ2) is 10.1. The number of nitrogens with zero attached hydrogens (tertiary/aromatic N) is 2. The van der Waals surface area contributed by atoms with Crippen molar-refractivity contribution in [2.75, 3.05) is 39.8 Å². The number of likely N-dealkylation sites (tertiary alicyclic amines) is 1. The lowest BCUT2D eigenvalue weighted by molar-refractivity contribution is 0.324. The summed E-state index contributed by atoms with van der Waals surface area (Å²) in [6, 6.07) is 0. The number of hydrogen-bond donors (Lipinski definition) is 2. The molecule has 0 amide bonds. The molecule has 2 aliphatic rings. The number of guanidine groups is 1. The van der Waals surface area contributed by atoms with Crippen LogP contribution in [-0.2, 0) is 0 Å². The molecule has 1 saturated heterocycles. The van der Waals surface area contributed by atoms with Crippen LogP contribution in [0.3, 0.4) is 0 Å². The van der Waals surface area contributed by atoms with Crippen molar-refractivity contribution in [3.05, 3.63) is 0 Å². The van der Waals surface area contributed by atoms with Gasteiger partial charge in [-0.1, -0.05) is 32.6 Å². The molecular weight excluding hydrogens is 272 g/mol. The fraction of sp³-hybridized carbons (Fsp3) is 0.944. The van der Waals surface area contributed by atoms with Gasteiger partial charge in [0, 0.05) is 26.7 Å². The molecule has 4 nitrogen and oxygen atoms in total. The van der Waals surface area contributed by atoms with E-state index in [1.807, 2.05) is 7.05 Å². The summed E-state index contributed by atoms with van der Waals surface area (Å²) in [6.07, 6.45) is 11.1. The Morgan fingerprint density at radius 1 is 1.14 bits per heavy atom. The molecule has 1 saturated carbocycles. The predicted molar refractivity (Wildman–Crippen MR) is 95.4 cm³/mol. The van der Waals surface area contributed by atoms with E-state index in [0.29, 0.717) is 0 Å². The number of aliphatic imine (C=N–C) groups is 1. The lowest BCUT2D eigenvalue weighted by Crippen LogP contribution is -2.40. The van der Waals surface area contributed by atoms with Gasteiger partial charge in [0.1, 0.15) is 0 Å². The van der Waals surface area contributed by atoms with Crippen LogP contribution in [0, 0.1) is 11.8 Å². The van der Waals surface area contributed by atoms with Gasteiger partial charge in [-0.15, -0.1) is 0 Å². The largest absolute Gasteiger partial charge is 0.356 e. The quantitative estimate of drug-likeness (QED) is 0.411. The maximum atomic E-state index is 4.35. The van der Waals surface area contributed by atoms with Crippen LogP contribution in [0.2, 0.25) is 0 Å². The predicted octanol–water partition coefficient (Wildman–Crippen LogP) is 2.85. The first-order chi connectivity index (χ1) is 10.8. The highest BCUT2D eigenvalue weighted by atomic mass is 15.2. The van der Waals surface area contributed by atoms with Crippen LogP contribution in [-0.4, -0.2) is 50.6 Å². The van der Waals surface area contributed by atoms with Crippen molar-refractivity contribution in [3.63, 3.8) is 0 Å². The molecule has 0 aromatic heterocycles. The van der Waals surface area contributed by atoms with Crippen molar-refractivity contribution in [2.24, 2.45) is 16.8 Å². The molecule has 128 valence electrons. The van der Waals surface area contributed by atoms with E-state index in [4.69, 9.17) is 0 Å². The molecule has 22 heavy (non-hydrogen) atoms. The zero-order chi connectivity index (χ0) is 15.6. The van der Waals surface area contributed by atoms with Gasteiger partial charge in [0.2, 0.25) is 0 Å². The average Bonchev–Trinajstić information content (AvgIpc) is 3.19. The molecule has 0 aromatic carbocycles. The van der Waals surface area contributed by atoms with Gasteiger partial charge in [-0.05, 0) is 50.6 Å². The van der Waals surface area contributed by atoms with Crippen molar-refractivity contribution in [2.45, 2.75) is 58.3 Å². The van der Waals surface area contributed by atoms with Crippen molar-refractivity contribution >= 4 is 5.96 Å². The smallest absolute Gasteiger partial charge is 0.190 e. The van der Waals surface area contributed by atoms with Crippen molar-refractivity contribution in [3.8, 4) is 0 Å². The summed E-state index contributed by atoms with van der Waals surface area (Å²) < 4.78 is 0. The summed E-state index contributed by atoms with van der Waals surface area (Å²) in [5.74, 6) is 2.77. The lowest BCUT2D eigenvalue weighted by Gasteiger charge is -2.17. The van der Waals surface area contributed by atoms with Gasteiger partial charge in [0.05, 0.1) is 0 Å². The molecule has 0 bridgehead atoms. The molecule has 4 heteroatoms. The third-order valence-electron chi connectivity index (χ3n) is 5.25. The lowest BCUT2D eigenvalue weighted by atomic mass is 10.0. The van der Waals surface area contributed by atoms with E-state index in [2.05, 4.69) is 27.4 Å². The van der Waals surface area contributed by atoms with E-state index in [0.717, 1.165) is 30.9 Å². The highest BCUT2D eigenvalue weighted by molar-refractivity contribution is 5.79. The molecule has 2 N–H and O–H groups in total. The highest BCUT2D eigenvalue weighted by Gasteiger charge is 2.21. The van der Waals surface area contributed by atoms with Gasteiger partial charge >= 0.3 is 0 Å². The third-order valence-corrected chi connectivity index (χ3v) is 5.25. The maximum absolute atomic E-state index is 4.35. The maximum Gasteiger partial charge on any atom is 0.190 e. The van der Waals surface area contributed by atoms with Gasteiger partial charge in [-0.25, -0.2) is 0 Å². The summed E-state index contributed by atoms with van der Waals surface area (Å²) in [6.45, 7) is 8.16. The van der Waals surface area contributed by atoms with E-state index in [1.165, 1.54) is 71.0 Å². The number of rotatable bonds is 8. The van der Waals surface area contributed by atoms with Crippen LogP contribution in [0.5, 0.6) is 0 Å². The Hall–Kier alpha value is -0.770. The molecule has 0 spiro atoms. The highest BCUT2D eigenvalue weighted by Crippen LogP contribution is 2.28. The minimum atomic E-state index is 0.781. The standard InChI is InChI=1S/C18H36N4/c1-3-12-22-13-10-17(15-22)14-21-18(19-2)20-11-6-9-16-7-4-5-8-16/h16-17H,3-15H2,1-2H3,(H2,19,20,21). The van der Waals surface area contributed by atoms with Gasteiger partial charge in [0.15, 0.2) is 5.96 Å². The Morgan fingerprint density at radius 3 is 2.68 bits per heavy atom. The van der Waals surface area contributed by atoms with E-state index >= 15 is 0 Å². The third kappa shape index (κ3) is 6.15. The van der Waals surface area contributed by atoms with Crippen LogP contribution < -0.4 is 10.6 Å². The molecule has 1 aliphatic heterocycles. The van der Waals surface area contributed by atoms with Crippen molar-refractivity contribution in [1.82, 2.24) is 15.5 Å². The van der Waals surface area contributed by atoms with Crippen LogP contribution >= 0.6 is 0 Å². The number of hydrogen-bond acceptors (Lipinski definition) is 2. The van der Waals surface area contributed by atoms with E-state index < -0.39 is 0 Å². The minimum absolute atomic E-state index is 0.781. The molecule has 1 heterocycles. The van der Waals surface area contributed by atoms with Crippen LogP contribution in [0.1, 0.15) is 58.3 Å². The minimum Gasteiger partial charge on any atom is -0.356 e. The summed E-state index contributed by atoms with van der Waals surface area (Å²) in [7, 11) is 1.88. The molecule has 0 radical (unpaired) electrons. The molecule has 1 unspecified atom stereocenters. The molecule has 2 rings (SSSR count). The Balaban J connectivity index is 1.53. The Bertz CT molecular complexity index is 323. The second-order valence-corrected chi connectivity index (χ2v) is 7.13. The van der Waals surface area contributed by atoms with Gasteiger partial charge in [-0.3, -0.25) is 4.99 Å². The van der Waals surface area contributed by atoms with Gasteiger partial charge < -0.3 is 15.5 Å². The normalized spacial score (nSPS) is 24.1. The first-order valence-corrected chi connectivity index (χ1v) is 9.48. The van der Waals surface area contributed by atoms with Crippen molar-refractivity contribution < 1.29 is 0 Å². The summed E-state index contributed by atoms with van der Waals surface area (Å²) in [5, 5.41) is 6.99. The van der Waals surface area contributed by atoms with Crippen LogP contribution in [0.15, 0.2) is 4.99 Å². The second-order valence-electron chi connectivity index (χ2n) is 7.13. The van der Waals surface area contributed by atoms with E-state index in [-0.39, 0.29) is 0 Å². The van der Waals surface area contributed by atoms with Gasteiger partial charge in [-0.2, -0.15) is 0 Å². The first-order valence-electron chi connectivity index (χ1n) is 9.48. The Morgan fingerprint density at radius 2 is 1.95 bits per heavy atom. The summed E-state index contributed by atoms with van der Waals surface area (Å²) in [4.78, 5) is 6.94. The molecular formula is C18H36N4. The number of nitrogens with one attached hydrogen (secondary N) is 2. The van der Waals surface area contributed by atoms with E-state index in [1.54, 1.807) is 0 Å². The Kier molecular flexibility index (Phi) is 8.06. The first kappa shape index (κ1) is 17.6. The SMILES string of the molecule is CCCN1CCC(CNC(=NC)NCCCC2CCCC2)C1.